The maximum atomic E-state index is 13.0. The first-order valence-electron chi connectivity index (χ1n) is 9.47. The fourth-order valence-electron chi connectivity index (χ4n) is 3.20. The molecule has 2 aromatic carbocycles. The standard InChI is InChI=1S/C21H27N3O4S/c1-15-5-6-17(13-16(15)2)21(25)22-19-14-18(7-8-20(19)28-4)29(26,27)24-11-9-23(3)10-12-24/h5-8,13-14H,9-12H2,1-4H3,(H,22,25). The predicted octanol–water partition coefficient (Wildman–Crippen LogP) is 2.50. The Kier molecular flexibility index (Phi) is 6.26. The minimum Gasteiger partial charge on any atom is -0.495 e. The number of anilines is 1. The molecular formula is C21H27N3O4S. The maximum absolute atomic E-state index is 13.0. The van der Waals surface area contributed by atoms with Gasteiger partial charge in [-0.3, -0.25) is 4.79 Å². The highest BCUT2D eigenvalue weighted by atomic mass is 32.2. The van der Waals surface area contributed by atoms with Crippen LogP contribution < -0.4 is 10.1 Å². The number of carbonyl (C=O) groups excluding carboxylic acids is 1. The summed E-state index contributed by atoms with van der Waals surface area (Å²) in [6.07, 6.45) is 0. The van der Waals surface area contributed by atoms with Crippen LogP contribution in [0.1, 0.15) is 21.5 Å². The van der Waals surface area contributed by atoms with E-state index in [1.165, 1.54) is 23.5 Å². The van der Waals surface area contributed by atoms with Gasteiger partial charge in [-0.15, -0.1) is 0 Å². The molecule has 0 spiro atoms. The Morgan fingerprint density at radius 2 is 1.69 bits per heavy atom. The number of likely N-dealkylation sites (N-methyl/N-ethyl adjacent to an activating group) is 1. The summed E-state index contributed by atoms with van der Waals surface area (Å²) in [5.74, 6) is 0.0834. The van der Waals surface area contributed by atoms with Gasteiger partial charge >= 0.3 is 0 Å². The normalized spacial score (nSPS) is 15.9. The lowest BCUT2D eigenvalue weighted by Crippen LogP contribution is -2.47. The van der Waals surface area contributed by atoms with Crippen LogP contribution >= 0.6 is 0 Å². The number of hydrogen-bond acceptors (Lipinski definition) is 5. The van der Waals surface area contributed by atoms with Gasteiger partial charge in [0.15, 0.2) is 0 Å². The van der Waals surface area contributed by atoms with Gasteiger partial charge in [-0.2, -0.15) is 4.31 Å². The van der Waals surface area contributed by atoms with E-state index in [2.05, 4.69) is 10.2 Å². The topological polar surface area (TPSA) is 79.0 Å². The highest BCUT2D eigenvalue weighted by Crippen LogP contribution is 2.30. The predicted molar refractivity (Wildman–Crippen MR) is 113 cm³/mol. The van der Waals surface area contributed by atoms with E-state index >= 15 is 0 Å². The van der Waals surface area contributed by atoms with Crippen LogP contribution in [0, 0.1) is 13.8 Å². The van der Waals surface area contributed by atoms with Crippen molar-refractivity contribution in [2.45, 2.75) is 18.7 Å². The Morgan fingerprint density at radius 3 is 2.31 bits per heavy atom. The average Bonchev–Trinajstić information content (AvgIpc) is 2.70. The fraction of sp³-hybridized carbons (Fsp3) is 0.381. The molecule has 0 aliphatic carbocycles. The number of hydrogen-bond donors (Lipinski definition) is 1. The number of sulfonamides is 1. The SMILES string of the molecule is COc1ccc(S(=O)(=O)N2CCN(C)CC2)cc1NC(=O)c1ccc(C)c(C)c1. The molecule has 0 saturated carbocycles. The molecular weight excluding hydrogens is 390 g/mol. The number of nitrogens with zero attached hydrogens (tertiary/aromatic N) is 2. The molecule has 1 heterocycles. The second-order valence-electron chi connectivity index (χ2n) is 7.32. The van der Waals surface area contributed by atoms with Gasteiger partial charge in [-0.05, 0) is 62.4 Å². The van der Waals surface area contributed by atoms with E-state index < -0.39 is 10.0 Å². The van der Waals surface area contributed by atoms with Crippen LogP contribution in [0.5, 0.6) is 5.75 Å². The summed E-state index contributed by atoms with van der Waals surface area (Å²) in [7, 11) is -0.194. The first-order valence-corrected chi connectivity index (χ1v) is 10.9. The molecule has 29 heavy (non-hydrogen) atoms. The molecule has 0 radical (unpaired) electrons. The largest absolute Gasteiger partial charge is 0.495 e. The number of carbonyl (C=O) groups is 1. The highest BCUT2D eigenvalue weighted by molar-refractivity contribution is 7.89. The van der Waals surface area contributed by atoms with Crippen molar-refractivity contribution in [2.24, 2.45) is 0 Å². The number of rotatable bonds is 5. The summed E-state index contributed by atoms with van der Waals surface area (Å²) < 4.78 is 32.9. The fourth-order valence-corrected chi connectivity index (χ4v) is 4.65. The molecule has 156 valence electrons. The Labute approximate surface area is 172 Å². The maximum Gasteiger partial charge on any atom is 0.255 e. The van der Waals surface area contributed by atoms with Gasteiger partial charge in [0.2, 0.25) is 10.0 Å². The van der Waals surface area contributed by atoms with Crippen LogP contribution in [0.15, 0.2) is 41.3 Å². The molecule has 1 aliphatic rings. The Morgan fingerprint density at radius 1 is 1.00 bits per heavy atom. The first kappa shape index (κ1) is 21.3. The highest BCUT2D eigenvalue weighted by Gasteiger charge is 2.28. The minimum atomic E-state index is -3.65. The van der Waals surface area contributed by atoms with Gasteiger partial charge in [0.05, 0.1) is 17.7 Å². The Bertz CT molecular complexity index is 1010. The van der Waals surface area contributed by atoms with Crippen molar-refractivity contribution in [3.8, 4) is 5.75 Å². The lowest BCUT2D eigenvalue weighted by atomic mass is 10.1. The quantitative estimate of drug-likeness (QED) is 0.809. The molecule has 1 N–H and O–H groups in total. The number of nitrogens with one attached hydrogen (secondary N) is 1. The second kappa shape index (κ2) is 8.52. The van der Waals surface area contributed by atoms with Crippen molar-refractivity contribution in [3.05, 3.63) is 53.1 Å². The number of benzene rings is 2. The molecule has 0 bridgehead atoms. The molecule has 0 unspecified atom stereocenters. The Balaban J connectivity index is 1.88. The van der Waals surface area contributed by atoms with E-state index in [-0.39, 0.29) is 10.8 Å². The average molecular weight is 418 g/mol. The molecule has 1 fully saturated rings. The third-order valence-electron chi connectivity index (χ3n) is 5.29. The van der Waals surface area contributed by atoms with Gasteiger partial charge in [0.25, 0.3) is 5.91 Å². The van der Waals surface area contributed by atoms with Gasteiger partial charge in [-0.1, -0.05) is 6.07 Å². The third-order valence-corrected chi connectivity index (χ3v) is 7.18. The smallest absolute Gasteiger partial charge is 0.255 e. The molecule has 8 heteroatoms. The summed E-state index contributed by atoms with van der Waals surface area (Å²) >= 11 is 0. The van der Waals surface area contributed by atoms with Crippen molar-refractivity contribution in [1.29, 1.82) is 0 Å². The van der Waals surface area contributed by atoms with Crippen molar-refractivity contribution < 1.29 is 17.9 Å². The third kappa shape index (κ3) is 4.60. The lowest BCUT2D eigenvalue weighted by Gasteiger charge is -2.31. The summed E-state index contributed by atoms with van der Waals surface area (Å²) in [6.45, 7) is 6.17. The summed E-state index contributed by atoms with van der Waals surface area (Å²) in [5.41, 5.74) is 2.93. The number of ether oxygens (including phenoxy) is 1. The molecule has 1 aliphatic heterocycles. The molecule has 0 aromatic heterocycles. The molecule has 2 aromatic rings. The van der Waals surface area contributed by atoms with E-state index in [1.54, 1.807) is 12.1 Å². The van der Waals surface area contributed by atoms with E-state index in [4.69, 9.17) is 4.74 Å². The zero-order valence-corrected chi connectivity index (χ0v) is 18.0. The number of aryl methyl sites for hydroxylation is 2. The summed E-state index contributed by atoms with van der Waals surface area (Å²) in [4.78, 5) is 14.9. The first-order chi connectivity index (χ1) is 13.7. The van der Waals surface area contributed by atoms with Crippen LogP contribution in [-0.2, 0) is 10.0 Å². The zero-order valence-electron chi connectivity index (χ0n) is 17.2. The second-order valence-corrected chi connectivity index (χ2v) is 9.26. The van der Waals surface area contributed by atoms with Gasteiger partial charge in [-0.25, -0.2) is 8.42 Å². The van der Waals surface area contributed by atoms with Crippen LogP contribution in [-0.4, -0.2) is 63.9 Å². The molecule has 1 amide bonds. The van der Waals surface area contributed by atoms with Crippen LogP contribution in [0.2, 0.25) is 0 Å². The van der Waals surface area contributed by atoms with Crippen LogP contribution in [0.3, 0.4) is 0 Å². The van der Waals surface area contributed by atoms with Gasteiger partial charge < -0.3 is 15.0 Å². The molecule has 3 rings (SSSR count). The number of methoxy groups -OCH3 is 1. The van der Waals surface area contributed by atoms with E-state index in [1.807, 2.05) is 33.0 Å². The molecule has 1 saturated heterocycles. The van der Waals surface area contributed by atoms with E-state index in [0.29, 0.717) is 43.2 Å². The summed E-state index contributed by atoms with van der Waals surface area (Å²) in [5, 5.41) is 2.79. The Hall–Kier alpha value is -2.42. The zero-order chi connectivity index (χ0) is 21.2. The number of piperazine rings is 1. The van der Waals surface area contributed by atoms with Crippen molar-refractivity contribution in [1.82, 2.24) is 9.21 Å². The molecule has 7 nitrogen and oxygen atoms in total. The van der Waals surface area contributed by atoms with Gasteiger partial charge in [0, 0.05) is 31.7 Å². The van der Waals surface area contributed by atoms with Gasteiger partial charge in [0.1, 0.15) is 5.75 Å². The van der Waals surface area contributed by atoms with E-state index in [9.17, 15) is 13.2 Å². The molecule has 0 atom stereocenters. The number of amides is 1. The lowest BCUT2D eigenvalue weighted by molar-refractivity contribution is 0.102. The van der Waals surface area contributed by atoms with Crippen molar-refractivity contribution in [2.75, 3.05) is 45.7 Å². The van der Waals surface area contributed by atoms with E-state index in [0.717, 1.165) is 11.1 Å². The van der Waals surface area contributed by atoms with Crippen LogP contribution in [0.25, 0.3) is 0 Å². The monoisotopic (exact) mass is 417 g/mol. The van der Waals surface area contributed by atoms with Crippen molar-refractivity contribution in [3.63, 3.8) is 0 Å². The van der Waals surface area contributed by atoms with Crippen molar-refractivity contribution >= 4 is 21.6 Å². The van der Waals surface area contributed by atoms with Crippen LogP contribution in [0.4, 0.5) is 5.69 Å². The minimum absolute atomic E-state index is 0.137. The summed E-state index contributed by atoms with van der Waals surface area (Å²) in [6, 6.07) is 9.98.